The fourth-order valence-corrected chi connectivity index (χ4v) is 4.55. The van der Waals surface area contributed by atoms with Gasteiger partial charge in [0.05, 0.1) is 16.8 Å². The van der Waals surface area contributed by atoms with E-state index in [0.717, 1.165) is 11.8 Å². The second-order valence-corrected chi connectivity index (χ2v) is 8.33. The molecular formula is C9H11BrN2O4S2. The maximum absolute atomic E-state index is 11.6. The van der Waals surface area contributed by atoms with Crippen LogP contribution in [0.1, 0.15) is 5.56 Å². The van der Waals surface area contributed by atoms with Crippen LogP contribution in [0, 0.1) is 0 Å². The summed E-state index contributed by atoms with van der Waals surface area (Å²) in [5.41, 5.74) is 1.16. The van der Waals surface area contributed by atoms with Crippen LogP contribution in [0.2, 0.25) is 0 Å². The number of hydrogen-bond acceptors (Lipinski definition) is 4. The first-order chi connectivity index (χ1) is 8.10. The molecule has 0 atom stereocenters. The molecule has 6 nitrogen and oxygen atoms in total. The predicted octanol–water partition coefficient (Wildman–Crippen LogP) is 0.419. The summed E-state index contributed by atoms with van der Waals surface area (Å²) in [5, 5.41) is 5.08. The van der Waals surface area contributed by atoms with Gasteiger partial charge in [-0.2, -0.15) is 0 Å². The molecule has 0 spiro atoms. The number of hydrogen-bond donors (Lipinski definition) is 1. The van der Waals surface area contributed by atoms with E-state index in [1.807, 2.05) is 0 Å². The zero-order valence-electron chi connectivity index (χ0n) is 9.42. The molecule has 2 rings (SSSR count). The largest absolute Gasteiger partial charge is 0.270 e. The number of primary sulfonamides is 1. The van der Waals surface area contributed by atoms with Crippen LogP contribution in [0.5, 0.6) is 0 Å². The van der Waals surface area contributed by atoms with Crippen LogP contribution in [-0.4, -0.2) is 29.6 Å². The van der Waals surface area contributed by atoms with Gasteiger partial charge in [-0.3, -0.25) is 4.31 Å². The number of anilines is 1. The summed E-state index contributed by atoms with van der Waals surface area (Å²) in [4.78, 5) is -0.114. The van der Waals surface area contributed by atoms with Crippen LogP contribution in [0.4, 0.5) is 5.69 Å². The normalized spacial score (nSPS) is 15.8. The van der Waals surface area contributed by atoms with Gasteiger partial charge in [-0.15, -0.1) is 0 Å². The summed E-state index contributed by atoms with van der Waals surface area (Å²) in [6, 6.07) is 2.89. The third kappa shape index (κ3) is 2.40. The summed E-state index contributed by atoms with van der Waals surface area (Å²) in [5.74, 6) is 0. The van der Waals surface area contributed by atoms with Crippen molar-refractivity contribution in [2.24, 2.45) is 5.14 Å². The van der Waals surface area contributed by atoms with Crippen molar-refractivity contribution in [1.29, 1.82) is 0 Å². The fourth-order valence-electron chi connectivity index (χ4n) is 1.92. The molecule has 18 heavy (non-hydrogen) atoms. The van der Waals surface area contributed by atoms with E-state index in [-0.39, 0.29) is 4.90 Å². The Labute approximate surface area is 114 Å². The van der Waals surface area contributed by atoms with Crippen LogP contribution in [-0.2, 0) is 26.5 Å². The van der Waals surface area contributed by atoms with Gasteiger partial charge < -0.3 is 0 Å². The third-order valence-corrected chi connectivity index (χ3v) is 5.74. The van der Waals surface area contributed by atoms with Crippen molar-refractivity contribution in [3.8, 4) is 0 Å². The molecule has 1 aromatic carbocycles. The summed E-state index contributed by atoms with van der Waals surface area (Å²) < 4.78 is 47.5. The highest BCUT2D eigenvalue weighted by molar-refractivity contribution is 9.10. The smallest absolute Gasteiger partial charge is 0.239 e. The Morgan fingerprint density at radius 1 is 1.28 bits per heavy atom. The van der Waals surface area contributed by atoms with Crippen molar-refractivity contribution in [3.63, 3.8) is 0 Å². The van der Waals surface area contributed by atoms with Crippen LogP contribution in [0.25, 0.3) is 0 Å². The van der Waals surface area contributed by atoms with Crippen LogP contribution >= 0.6 is 15.9 Å². The molecule has 1 aliphatic heterocycles. The first-order valence-electron chi connectivity index (χ1n) is 4.93. The van der Waals surface area contributed by atoms with E-state index in [1.54, 1.807) is 6.07 Å². The zero-order valence-corrected chi connectivity index (χ0v) is 12.6. The van der Waals surface area contributed by atoms with Gasteiger partial charge >= 0.3 is 0 Å². The van der Waals surface area contributed by atoms with Gasteiger partial charge in [0.15, 0.2) is 0 Å². The van der Waals surface area contributed by atoms with Gasteiger partial charge in [0.25, 0.3) is 0 Å². The zero-order chi connectivity index (χ0) is 13.7. The lowest BCUT2D eigenvalue weighted by Gasteiger charge is -2.17. The maximum Gasteiger partial charge on any atom is 0.239 e. The van der Waals surface area contributed by atoms with Gasteiger partial charge in [0.2, 0.25) is 20.0 Å². The van der Waals surface area contributed by atoms with Gasteiger partial charge in [-0.1, -0.05) is 0 Å². The molecule has 0 aromatic heterocycles. The highest BCUT2D eigenvalue weighted by Gasteiger charge is 2.28. The molecule has 100 valence electrons. The summed E-state index contributed by atoms with van der Waals surface area (Å²) in [6.07, 6.45) is 1.63. The first-order valence-corrected chi connectivity index (χ1v) is 9.12. The van der Waals surface area contributed by atoms with E-state index in [4.69, 9.17) is 5.14 Å². The minimum absolute atomic E-state index is 0.114. The number of sulfonamides is 2. The Balaban J connectivity index is 2.68. The third-order valence-electron chi connectivity index (χ3n) is 2.69. The maximum atomic E-state index is 11.6. The Hall–Kier alpha value is -0.640. The Bertz CT molecular complexity index is 712. The van der Waals surface area contributed by atoms with E-state index in [1.165, 1.54) is 10.4 Å². The minimum Gasteiger partial charge on any atom is -0.270 e. The standard InChI is InChI=1S/C9H11BrN2O4S2/c1-17(13,14)12-3-2-6-4-7(10)9(5-8(6)12)18(11,15)16/h4-5H,2-3H2,1H3,(H2,11,15,16). The Morgan fingerprint density at radius 2 is 1.89 bits per heavy atom. The lowest BCUT2D eigenvalue weighted by atomic mass is 10.2. The van der Waals surface area contributed by atoms with Gasteiger partial charge in [0, 0.05) is 11.0 Å². The molecule has 1 aliphatic rings. The van der Waals surface area contributed by atoms with E-state index >= 15 is 0 Å². The summed E-state index contributed by atoms with van der Waals surface area (Å²) >= 11 is 3.13. The van der Waals surface area contributed by atoms with Crippen molar-refractivity contribution in [2.45, 2.75) is 11.3 Å². The molecule has 0 saturated carbocycles. The van der Waals surface area contributed by atoms with Crippen molar-refractivity contribution < 1.29 is 16.8 Å². The molecule has 0 radical (unpaired) electrons. The van der Waals surface area contributed by atoms with Gasteiger partial charge in [-0.05, 0) is 40.0 Å². The molecule has 0 fully saturated rings. The summed E-state index contributed by atoms with van der Waals surface area (Å²) in [7, 11) is -7.30. The minimum atomic E-state index is -3.89. The van der Waals surface area contributed by atoms with Crippen LogP contribution in [0.3, 0.4) is 0 Å². The molecule has 1 aromatic rings. The first kappa shape index (κ1) is 13.8. The van der Waals surface area contributed by atoms with Crippen LogP contribution < -0.4 is 9.44 Å². The van der Waals surface area contributed by atoms with Crippen molar-refractivity contribution in [3.05, 3.63) is 22.2 Å². The van der Waals surface area contributed by atoms with Gasteiger partial charge in [-0.25, -0.2) is 22.0 Å². The number of rotatable bonds is 2. The quantitative estimate of drug-likeness (QED) is 0.831. The van der Waals surface area contributed by atoms with E-state index in [2.05, 4.69) is 15.9 Å². The highest BCUT2D eigenvalue weighted by atomic mass is 79.9. The average molecular weight is 355 g/mol. The van der Waals surface area contributed by atoms with E-state index < -0.39 is 20.0 Å². The van der Waals surface area contributed by atoms with Crippen molar-refractivity contribution >= 4 is 41.7 Å². The van der Waals surface area contributed by atoms with Crippen molar-refractivity contribution in [2.75, 3.05) is 17.1 Å². The molecule has 1 heterocycles. The number of halogens is 1. The number of nitrogens with zero attached hydrogens (tertiary/aromatic N) is 1. The molecule has 2 N–H and O–H groups in total. The lowest BCUT2D eigenvalue weighted by Crippen LogP contribution is -2.27. The Morgan fingerprint density at radius 3 is 2.39 bits per heavy atom. The molecule has 9 heteroatoms. The van der Waals surface area contributed by atoms with E-state index in [9.17, 15) is 16.8 Å². The molecule has 0 saturated heterocycles. The van der Waals surface area contributed by atoms with E-state index in [0.29, 0.717) is 23.1 Å². The topological polar surface area (TPSA) is 97.5 Å². The molecule has 0 aliphatic carbocycles. The SMILES string of the molecule is CS(=O)(=O)N1CCc2cc(Br)c(S(N)(=O)=O)cc21. The average Bonchev–Trinajstić information content (AvgIpc) is 2.56. The highest BCUT2D eigenvalue weighted by Crippen LogP contribution is 2.35. The summed E-state index contributed by atoms with van der Waals surface area (Å²) in [6.45, 7) is 0.314. The predicted molar refractivity (Wildman–Crippen MR) is 71.4 cm³/mol. The molecule has 0 unspecified atom stereocenters. The van der Waals surface area contributed by atoms with Gasteiger partial charge in [0.1, 0.15) is 0 Å². The molecular weight excluding hydrogens is 344 g/mol. The van der Waals surface area contributed by atoms with Crippen molar-refractivity contribution in [1.82, 2.24) is 0 Å². The monoisotopic (exact) mass is 354 g/mol. The molecule has 0 amide bonds. The molecule has 0 bridgehead atoms. The Kier molecular flexibility index (Phi) is 3.21. The number of fused-ring (bicyclic) bond motifs is 1. The fraction of sp³-hybridized carbons (Fsp3) is 0.333. The number of benzene rings is 1. The lowest BCUT2D eigenvalue weighted by molar-refractivity contribution is 0.595. The van der Waals surface area contributed by atoms with Crippen LogP contribution in [0.15, 0.2) is 21.5 Å². The second-order valence-electron chi connectivity index (χ2n) is 4.04. The number of nitrogens with two attached hydrogens (primary N) is 1. The second kappa shape index (κ2) is 4.19.